The number of hydrogen-bond donors (Lipinski definition) is 2. The number of nitrogens with one attached hydrogen (secondary N) is 2. The molecule has 0 aromatic heterocycles. The summed E-state index contributed by atoms with van der Waals surface area (Å²) in [5, 5.41) is 3.52. The highest BCUT2D eigenvalue weighted by Gasteiger charge is 2.52. The van der Waals surface area contributed by atoms with Crippen molar-refractivity contribution in [3.8, 4) is 0 Å². The third kappa shape index (κ3) is 1.99. The molecule has 1 saturated heterocycles. The fourth-order valence-corrected chi connectivity index (χ4v) is 2.47. The molecule has 0 bridgehead atoms. The largest absolute Gasteiger partial charge is 0.344 e. The van der Waals surface area contributed by atoms with E-state index in [-0.39, 0.29) is 5.91 Å². The van der Waals surface area contributed by atoms with E-state index in [1.54, 1.807) is 0 Å². The van der Waals surface area contributed by atoms with Crippen molar-refractivity contribution in [2.75, 3.05) is 0 Å². The Morgan fingerprint density at radius 1 is 1.41 bits per heavy atom. The van der Waals surface area contributed by atoms with Crippen molar-refractivity contribution in [3.05, 3.63) is 0 Å². The second kappa shape index (κ2) is 4.01. The van der Waals surface area contributed by atoms with Gasteiger partial charge in [-0.25, -0.2) is 4.79 Å². The minimum atomic E-state index is -0.786. The lowest BCUT2D eigenvalue weighted by atomic mass is 9.77. The van der Waals surface area contributed by atoms with E-state index in [2.05, 4.69) is 17.7 Å². The van der Waals surface area contributed by atoms with E-state index in [1.165, 1.54) is 6.92 Å². The number of nitrogens with zero attached hydrogens (tertiary/aromatic N) is 1. The number of urea groups is 1. The first-order valence-corrected chi connectivity index (χ1v) is 5.88. The van der Waals surface area contributed by atoms with Gasteiger partial charge in [0.15, 0.2) is 0 Å². The van der Waals surface area contributed by atoms with Gasteiger partial charge >= 0.3 is 6.03 Å². The first kappa shape index (κ1) is 11.9. The van der Waals surface area contributed by atoms with E-state index >= 15 is 0 Å². The molecule has 4 amide bonds. The third-order valence-electron chi connectivity index (χ3n) is 3.56. The molecule has 2 N–H and O–H groups in total. The number of hydrazine groups is 1. The zero-order chi connectivity index (χ0) is 12.6. The van der Waals surface area contributed by atoms with Crippen LogP contribution in [0, 0.1) is 5.92 Å². The van der Waals surface area contributed by atoms with Gasteiger partial charge < -0.3 is 5.32 Å². The van der Waals surface area contributed by atoms with Gasteiger partial charge in [0.25, 0.3) is 5.91 Å². The van der Waals surface area contributed by atoms with Gasteiger partial charge in [0.05, 0.1) is 0 Å². The Balaban J connectivity index is 2.15. The standard InChI is InChI=1S/C11H17N3O3/c1-7-3-5-11(6-4-7)9(16)14(10(17)12-11)13-8(2)15/h7H,3-6H2,1-2H3,(H,12,17)(H,13,15). The van der Waals surface area contributed by atoms with Crippen LogP contribution in [0.15, 0.2) is 0 Å². The van der Waals surface area contributed by atoms with Gasteiger partial charge in [-0.05, 0) is 31.6 Å². The van der Waals surface area contributed by atoms with Crippen LogP contribution in [-0.2, 0) is 9.59 Å². The highest BCUT2D eigenvalue weighted by atomic mass is 16.2. The monoisotopic (exact) mass is 239 g/mol. The van der Waals surface area contributed by atoms with E-state index in [1.807, 2.05) is 0 Å². The third-order valence-corrected chi connectivity index (χ3v) is 3.56. The average Bonchev–Trinajstić information content (AvgIpc) is 2.48. The smallest absolute Gasteiger partial charge is 0.322 e. The van der Waals surface area contributed by atoms with E-state index in [0.717, 1.165) is 17.9 Å². The fraction of sp³-hybridized carbons (Fsp3) is 0.727. The zero-order valence-electron chi connectivity index (χ0n) is 10.1. The summed E-state index contributed by atoms with van der Waals surface area (Å²) in [6.07, 6.45) is 3.13. The predicted octanol–water partition coefficient (Wildman–Crippen LogP) is 0.538. The maximum absolute atomic E-state index is 12.2. The number of carbonyl (C=O) groups excluding carboxylic acids is 3. The lowest BCUT2D eigenvalue weighted by Crippen LogP contribution is -2.51. The number of carbonyl (C=O) groups is 3. The summed E-state index contributed by atoms with van der Waals surface area (Å²) in [4.78, 5) is 34.7. The van der Waals surface area contributed by atoms with Crippen LogP contribution in [0.25, 0.3) is 0 Å². The predicted molar refractivity (Wildman–Crippen MR) is 59.6 cm³/mol. The highest BCUT2D eigenvalue weighted by molar-refractivity contribution is 6.07. The van der Waals surface area contributed by atoms with E-state index in [0.29, 0.717) is 18.8 Å². The van der Waals surface area contributed by atoms with Crippen LogP contribution in [0.4, 0.5) is 4.79 Å². The Morgan fingerprint density at radius 2 is 2.00 bits per heavy atom. The van der Waals surface area contributed by atoms with Crippen molar-refractivity contribution in [2.24, 2.45) is 5.92 Å². The maximum atomic E-state index is 12.2. The van der Waals surface area contributed by atoms with E-state index in [4.69, 9.17) is 0 Å². The summed E-state index contributed by atoms with van der Waals surface area (Å²) in [6.45, 7) is 3.41. The van der Waals surface area contributed by atoms with Crippen molar-refractivity contribution < 1.29 is 14.4 Å². The Morgan fingerprint density at radius 3 is 2.53 bits per heavy atom. The Kier molecular flexibility index (Phi) is 2.81. The van der Waals surface area contributed by atoms with Gasteiger partial charge in [0.2, 0.25) is 5.91 Å². The summed E-state index contributed by atoms with van der Waals surface area (Å²) in [7, 11) is 0. The molecule has 1 aliphatic carbocycles. The van der Waals surface area contributed by atoms with Crippen molar-refractivity contribution in [3.63, 3.8) is 0 Å². The molecule has 1 saturated carbocycles. The van der Waals surface area contributed by atoms with Gasteiger partial charge in [0.1, 0.15) is 5.54 Å². The molecule has 1 aliphatic heterocycles. The van der Waals surface area contributed by atoms with Crippen molar-refractivity contribution in [1.29, 1.82) is 0 Å². The summed E-state index contributed by atoms with van der Waals surface area (Å²) >= 11 is 0. The van der Waals surface area contributed by atoms with E-state index in [9.17, 15) is 14.4 Å². The van der Waals surface area contributed by atoms with Gasteiger partial charge in [-0.2, -0.15) is 5.01 Å². The van der Waals surface area contributed by atoms with Gasteiger partial charge in [-0.3, -0.25) is 15.0 Å². The molecule has 0 radical (unpaired) electrons. The van der Waals surface area contributed by atoms with Gasteiger partial charge in [0, 0.05) is 6.92 Å². The summed E-state index contributed by atoms with van der Waals surface area (Å²) < 4.78 is 0. The molecule has 1 heterocycles. The highest BCUT2D eigenvalue weighted by Crippen LogP contribution is 2.35. The molecule has 2 rings (SSSR count). The quantitative estimate of drug-likeness (QED) is 0.655. The number of rotatable bonds is 1. The van der Waals surface area contributed by atoms with Gasteiger partial charge in [-0.1, -0.05) is 6.92 Å². The average molecular weight is 239 g/mol. The summed E-state index contributed by atoms with van der Waals surface area (Å²) in [6, 6.07) is -0.528. The molecule has 17 heavy (non-hydrogen) atoms. The van der Waals surface area contributed by atoms with Crippen LogP contribution in [0.5, 0.6) is 0 Å². The lowest BCUT2D eigenvalue weighted by molar-refractivity contribution is -0.139. The van der Waals surface area contributed by atoms with Crippen LogP contribution >= 0.6 is 0 Å². The molecule has 6 nitrogen and oxygen atoms in total. The molecule has 2 aliphatic rings. The normalized spacial score (nSPS) is 32.8. The number of hydrogen-bond acceptors (Lipinski definition) is 3. The molecule has 0 aromatic carbocycles. The molecule has 0 aromatic rings. The first-order valence-electron chi connectivity index (χ1n) is 5.88. The second-order valence-corrected chi connectivity index (χ2v) is 5.00. The Labute approximate surface area is 99.7 Å². The zero-order valence-corrected chi connectivity index (χ0v) is 10.1. The maximum Gasteiger partial charge on any atom is 0.344 e. The molecule has 2 fully saturated rings. The Hall–Kier alpha value is -1.59. The van der Waals surface area contributed by atoms with Crippen LogP contribution in [-0.4, -0.2) is 28.4 Å². The van der Waals surface area contributed by atoms with Crippen LogP contribution < -0.4 is 10.7 Å². The topological polar surface area (TPSA) is 78.5 Å². The SMILES string of the molecule is CC(=O)NN1C(=O)NC2(CCC(C)CC2)C1=O. The Bertz CT molecular complexity index is 372. The molecule has 94 valence electrons. The number of amides is 4. The molecule has 0 atom stereocenters. The van der Waals surface area contributed by atoms with Crippen LogP contribution in [0.2, 0.25) is 0 Å². The molecule has 0 unspecified atom stereocenters. The minimum Gasteiger partial charge on any atom is -0.322 e. The van der Waals surface area contributed by atoms with Gasteiger partial charge in [-0.15, -0.1) is 0 Å². The van der Waals surface area contributed by atoms with E-state index < -0.39 is 17.5 Å². The van der Waals surface area contributed by atoms with Crippen LogP contribution in [0.3, 0.4) is 0 Å². The summed E-state index contributed by atoms with van der Waals surface area (Å²) in [5.74, 6) is -0.167. The molecule has 1 spiro atoms. The molecular formula is C11H17N3O3. The first-order chi connectivity index (χ1) is 7.94. The minimum absolute atomic E-state index is 0.329. The summed E-state index contributed by atoms with van der Waals surface area (Å²) in [5.41, 5.74) is 1.47. The van der Waals surface area contributed by atoms with Crippen molar-refractivity contribution in [1.82, 2.24) is 15.8 Å². The van der Waals surface area contributed by atoms with Crippen molar-refractivity contribution in [2.45, 2.75) is 45.1 Å². The lowest BCUT2D eigenvalue weighted by Gasteiger charge is -2.33. The fourth-order valence-electron chi connectivity index (χ4n) is 2.47. The molecule has 6 heteroatoms. The number of imide groups is 1. The molecular weight excluding hydrogens is 222 g/mol. The van der Waals surface area contributed by atoms with Crippen LogP contribution in [0.1, 0.15) is 39.5 Å². The second-order valence-electron chi connectivity index (χ2n) is 5.00. The van der Waals surface area contributed by atoms with Crippen molar-refractivity contribution >= 4 is 17.8 Å².